The molecule has 2 rings (SSSR count). The molecule has 0 bridgehead atoms. The lowest BCUT2D eigenvalue weighted by molar-refractivity contribution is 0.0953. The van der Waals surface area contributed by atoms with E-state index in [1.807, 2.05) is 0 Å². The van der Waals surface area contributed by atoms with Gasteiger partial charge in [0.15, 0.2) is 0 Å². The fourth-order valence-corrected chi connectivity index (χ4v) is 1.22. The second kappa shape index (κ2) is 4.74. The zero-order valence-electron chi connectivity index (χ0n) is 8.94. The van der Waals surface area contributed by atoms with Gasteiger partial charge in [-0.05, 0) is 18.9 Å². The summed E-state index contributed by atoms with van der Waals surface area (Å²) in [5.41, 5.74) is 0.375. The van der Waals surface area contributed by atoms with Gasteiger partial charge in [0, 0.05) is 18.8 Å². The summed E-state index contributed by atoms with van der Waals surface area (Å²) in [7, 11) is 0. The third-order valence-corrected chi connectivity index (χ3v) is 2.21. The number of nitrogens with one attached hydrogen (secondary N) is 2. The first-order valence-corrected chi connectivity index (χ1v) is 5.28. The van der Waals surface area contributed by atoms with Crippen LogP contribution in [0.5, 0.6) is 0 Å². The molecule has 0 spiro atoms. The van der Waals surface area contributed by atoms with Crippen LogP contribution in [0.2, 0.25) is 0 Å². The van der Waals surface area contributed by atoms with Gasteiger partial charge in [-0.1, -0.05) is 6.08 Å². The molecule has 5 heteroatoms. The fraction of sp³-hybridized carbons (Fsp3) is 0.364. The first-order chi connectivity index (χ1) is 7.79. The van der Waals surface area contributed by atoms with Crippen molar-refractivity contribution in [2.75, 3.05) is 11.9 Å². The number of rotatable bonds is 5. The Morgan fingerprint density at radius 3 is 3.12 bits per heavy atom. The molecule has 0 aromatic carbocycles. The lowest BCUT2D eigenvalue weighted by atomic mass is 10.4. The van der Waals surface area contributed by atoms with Crippen LogP contribution in [0.15, 0.2) is 24.9 Å². The molecule has 1 amide bonds. The number of hydrogen-bond donors (Lipinski definition) is 2. The third kappa shape index (κ3) is 2.79. The van der Waals surface area contributed by atoms with E-state index in [1.165, 1.54) is 0 Å². The van der Waals surface area contributed by atoms with E-state index >= 15 is 0 Å². The van der Waals surface area contributed by atoms with Crippen molar-refractivity contribution in [1.29, 1.82) is 0 Å². The molecule has 5 nitrogen and oxygen atoms in total. The predicted molar refractivity (Wildman–Crippen MR) is 61.2 cm³/mol. The standard InChI is InChI=1S/C11H14N4O/c1-2-6-12-10(16)9-5-7-13-11(15-9)14-8-3-4-8/h2,5,7-8H,1,3-4,6H2,(H,12,16)(H,13,14,15). The summed E-state index contributed by atoms with van der Waals surface area (Å²) < 4.78 is 0. The summed E-state index contributed by atoms with van der Waals surface area (Å²) in [6.45, 7) is 3.97. The maximum Gasteiger partial charge on any atom is 0.270 e. The van der Waals surface area contributed by atoms with Crippen LogP contribution < -0.4 is 10.6 Å². The molecule has 0 aliphatic heterocycles. The maximum atomic E-state index is 11.6. The number of carbonyl (C=O) groups is 1. The Hall–Kier alpha value is -1.91. The fourth-order valence-electron chi connectivity index (χ4n) is 1.22. The topological polar surface area (TPSA) is 66.9 Å². The molecule has 0 unspecified atom stereocenters. The van der Waals surface area contributed by atoms with E-state index < -0.39 is 0 Å². The summed E-state index contributed by atoms with van der Waals surface area (Å²) in [4.78, 5) is 19.8. The lowest BCUT2D eigenvalue weighted by Gasteiger charge is -2.04. The van der Waals surface area contributed by atoms with Crippen molar-refractivity contribution >= 4 is 11.9 Å². The molecule has 84 valence electrons. The van der Waals surface area contributed by atoms with E-state index in [0.29, 0.717) is 24.2 Å². The maximum absolute atomic E-state index is 11.6. The van der Waals surface area contributed by atoms with Gasteiger partial charge in [0.1, 0.15) is 5.69 Å². The number of nitrogens with zero attached hydrogens (tertiary/aromatic N) is 2. The van der Waals surface area contributed by atoms with Crippen LogP contribution in [0.4, 0.5) is 5.95 Å². The minimum Gasteiger partial charge on any atom is -0.351 e. The summed E-state index contributed by atoms with van der Waals surface area (Å²) in [5.74, 6) is 0.315. The molecule has 2 N–H and O–H groups in total. The molecule has 1 aromatic rings. The van der Waals surface area contributed by atoms with Gasteiger partial charge in [-0.15, -0.1) is 6.58 Å². The zero-order chi connectivity index (χ0) is 11.4. The Balaban J connectivity index is 2.01. The third-order valence-electron chi connectivity index (χ3n) is 2.21. The first-order valence-electron chi connectivity index (χ1n) is 5.28. The molecule has 0 radical (unpaired) electrons. The minimum atomic E-state index is -0.207. The number of amides is 1. The highest BCUT2D eigenvalue weighted by Gasteiger charge is 2.22. The van der Waals surface area contributed by atoms with Crippen LogP contribution >= 0.6 is 0 Å². The van der Waals surface area contributed by atoms with Crippen LogP contribution in [0, 0.1) is 0 Å². The Morgan fingerprint density at radius 2 is 2.44 bits per heavy atom. The molecule has 1 fully saturated rings. The lowest BCUT2D eigenvalue weighted by Crippen LogP contribution is -2.24. The predicted octanol–water partition coefficient (Wildman–Crippen LogP) is 0.967. The zero-order valence-corrected chi connectivity index (χ0v) is 8.94. The van der Waals surface area contributed by atoms with Crippen molar-refractivity contribution in [2.24, 2.45) is 0 Å². The van der Waals surface area contributed by atoms with Crippen molar-refractivity contribution in [3.05, 3.63) is 30.6 Å². The molecule has 1 aromatic heterocycles. The van der Waals surface area contributed by atoms with E-state index in [1.54, 1.807) is 18.3 Å². The van der Waals surface area contributed by atoms with Gasteiger partial charge < -0.3 is 10.6 Å². The van der Waals surface area contributed by atoms with Crippen LogP contribution in [0.1, 0.15) is 23.3 Å². The highest BCUT2D eigenvalue weighted by molar-refractivity contribution is 5.92. The summed E-state index contributed by atoms with van der Waals surface area (Å²) in [6, 6.07) is 2.07. The molecule has 1 aliphatic rings. The number of aromatic nitrogens is 2. The highest BCUT2D eigenvalue weighted by Crippen LogP contribution is 2.22. The monoisotopic (exact) mass is 218 g/mol. The number of carbonyl (C=O) groups excluding carboxylic acids is 1. The number of anilines is 1. The average molecular weight is 218 g/mol. The van der Waals surface area contributed by atoms with E-state index in [2.05, 4.69) is 27.2 Å². The average Bonchev–Trinajstić information content (AvgIpc) is 3.10. The second-order valence-electron chi connectivity index (χ2n) is 3.68. The van der Waals surface area contributed by atoms with Gasteiger partial charge >= 0.3 is 0 Å². The van der Waals surface area contributed by atoms with Crippen LogP contribution in [0.25, 0.3) is 0 Å². The van der Waals surface area contributed by atoms with E-state index in [4.69, 9.17) is 0 Å². The molecule has 0 saturated heterocycles. The van der Waals surface area contributed by atoms with Crippen molar-refractivity contribution < 1.29 is 4.79 Å². The minimum absolute atomic E-state index is 0.207. The van der Waals surface area contributed by atoms with Gasteiger partial charge in [0.25, 0.3) is 5.91 Å². The van der Waals surface area contributed by atoms with Crippen LogP contribution in [0.3, 0.4) is 0 Å². The van der Waals surface area contributed by atoms with Gasteiger partial charge in [-0.25, -0.2) is 9.97 Å². The quantitative estimate of drug-likeness (QED) is 0.722. The number of hydrogen-bond acceptors (Lipinski definition) is 4. The van der Waals surface area contributed by atoms with Gasteiger partial charge in [-0.3, -0.25) is 4.79 Å². The molecule has 1 aliphatic carbocycles. The van der Waals surface area contributed by atoms with E-state index in [0.717, 1.165) is 12.8 Å². The Kier molecular flexibility index (Phi) is 3.14. The molecular weight excluding hydrogens is 204 g/mol. The highest BCUT2D eigenvalue weighted by atomic mass is 16.1. The van der Waals surface area contributed by atoms with E-state index in [-0.39, 0.29) is 5.91 Å². The second-order valence-corrected chi connectivity index (χ2v) is 3.68. The van der Waals surface area contributed by atoms with Crippen molar-refractivity contribution in [1.82, 2.24) is 15.3 Å². The summed E-state index contributed by atoms with van der Waals surface area (Å²) in [5, 5.41) is 5.81. The van der Waals surface area contributed by atoms with Crippen molar-refractivity contribution in [3.63, 3.8) is 0 Å². The summed E-state index contributed by atoms with van der Waals surface area (Å²) in [6.07, 6.45) is 5.51. The molecule has 16 heavy (non-hydrogen) atoms. The Labute approximate surface area is 94.0 Å². The van der Waals surface area contributed by atoms with Gasteiger partial charge in [0.05, 0.1) is 0 Å². The molecule has 0 atom stereocenters. The first kappa shape index (κ1) is 10.6. The molecule has 1 saturated carbocycles. The van der Waals surface area contributed by atoms with Gasteiger partial charge in [0.2, 0.25) is 5.95 Å². The SMILES string of the molecule is C=CCNC(=O)c1ccnc(NC2CC2)n1. The van der Waals surface area contributed by atoms with Crippen molar-refractivity contribution in [2.45, 2.75) is 18.9 Å². The van der Waals surface area contributed by atoms with Crippen LogP contribution in [-0.2, 0) is 0 Å². The largest absolute Gasteiger partial charge is 0.351 e. The Bertz CT molecular complexity index is 401. The van der Waals surface area contributed by atoms with Gasteiger partial charge in [-0.2, -0.15) is 0 Å². The molecule has 1 heterocycles. The van der Waals surface area contributed by atoms with Crippen molar-refractivity contribution in [3.8, 4) is 0 Å². The smallest absolute Gasteiger partial charge is 0.270 e. The Morgan fingerprint density at radius 1 is 1.62 bits per heavy atom. The van der Waals surface area contributed by atoms with Crippen LogP contribution in [-0.4, -0.2) is 28.5 Å². The normalized spacial score (nSPS) is 14.2. The summed E-state index contributed by atoms with van der Waals surface area (Å²) >= 11 is 0. The van der Waals surface area contributed by atoms with E-state index in [9.17, 15) is 4.79 Å². The molecular formula is C11H14N4O.